The van der Waals surface area contributed by atoms with Crippen molar-refractivity contribution in [2.24, 2.45) is 0 Å². The van der Waals surface area contributed by atoms with Crippen LogP contribution in [-0.2, 0) is 0 Å². The molecule has 0 fully saturated rings. The minimum Gasteiger partial charge on any atom is -0.310 e. The van der Waals surface area contributed by atoms with Crippen molar-refractivity contribution >= 4 is 148 Å². The predicted molar refractivity (Wildman–Crippen MR) is 290 cm³/mol. The Morgan fingerprint density at radius 2 is 0.884 bits per heavy atom. The minimum absolute atomic E-state index is 0.0184. The molecule has 19 rings (SSSR count). The Hall–Kier alpha value is -7.03. The lowest BCUT2D eigenvalue weighted by Gasteiger charge is -2.33. The van der Waals surface area contributed by atoms with Gasteiger partial charge in [-0.15, -0.1) is 0 Å². The Kier molecular flexibility index (Phi) is 6.38. The van der Waals surface area contributed by atoms with E-state index in [4.69, 9.17) is 0 Å². The maximum absolute atomic E-state index is 2.77. The fraction of sp³-hybridized carbons (Fsp3) is 0.0167. The predicted octanol–water partition coefficient (Wildman–Crippen LogP) is 7.67. The highest BCUT2D eigenvalue weighted by molar-refractivity contribution is 8.00. The molecule has 9 heterocycles. The molecule has 6 aliphatic heterocycles. The number of aromatic nitrogens is 3. The number of rotatable bonds is 0. The van der Waals surface area contributed by atoms with Gasteiger partial charge >= 0.3 is 6.71 Å². The van der Waals surface area contributed by atoms with Crippen molar-refractivity contribution in [1.29, 1.82) is 0 Å². The first-order valence-electron chi connectivity index (χ1n) is 24.1. The second-order valence-electron chi connectivity index (χ2n) is 19.9. The van der Waals surface area contributed by atoms with Crippen molar-refractivity contribution in [1.82, 2.24) is 9.13 Å². The topological polar surface area (TPSA) is 13.7 Å². The van der Waals surface area contributed by atoms with E-state index in [0.29, 0.717) is 0 Å². The third-order valence-electron chi connectivity index (χ3n) is 17.0. The highest BCUT2D eigenvalue weighted by Crippen LogP contribution is 2.57. The van der Waals surface area contributed by atoms with Crippen LogP contribution >= 0.6 is 35.3 Å². The molecule has 69 heavy (non-hydrogen) atoms. The van der Waals surface area contributed by atoms with E-state index in [0.717, 1.165) is 0 Å². The molecule has 1 atom stereocenters. The standard InChI is InChI=1S/C60H31B3N3S3/c1-6-20-40-34(14-1)61-36-16-3-8-22-42(36)67-45-28-26-32-50-49-31-13-11-19-39-48(31)57(64-30-12-25-47-60(64)63(39)38-18-5-10-24-44(38)69-47)52(49)59-51(58(50)65(40)55(32)53(45)61)33-27-29-46-54-56(33)66(59)41-21-7-2-15-35(41)62(54)37-17-4-9-23-43(37)68-46/h1-30,57H/q+1. The van der Waals surface area contributed by atoms with Gasteiger partial charge < -0.3 is 9.13 Å². The lowest BCUT2D eigenvalue weighted by Crippen LogP contribution is -2.73. The second-order valence-corrected chi connectivity index (χ2v) is 23.1. The first kappa shape index (κ1) is 36.0. The van der Waals surface area contributed by atoms with Gasteiger partial charge in [-0.2, -0.15) is 4.57 Å². The molecule has 7 aliphatic rings. The molecule has 3 nitrogen and oxygen atoms in total. The van der Waals surface area contributed by atoms with Crippen LogP contribution in [0, 0.1) is 0 Å². The summed E-state index contributed by atoms with van der Waals surface area (Å²) in [5.41, 5.74) is 26.5. The van der Waals surface area contributed by atoms with Crippen molar-refractivity contribution in [2.75, 3.05) is 0 Å². The minimum atomic E-state index is -0.0184. The van der Waals surface area contributed by atoms with Crippen LogP contribution in [0.15, 0.2) is 211 Å². The zero-order valence-electron chi connectivity index (χ0n) is 36.7. The second kappa shape index (κ2) is 12.2. The third kappa shape index (κ3) is 4.01. The van der Waals surface area contributed by atoms with Crippen molar-refractivity contribution in [3.05, 3.63) is 193 Å². The Balaban J connectivity index is 1.08. The molecule has 0 bridgehead atoms. The van der Waals surface area contributed by atoms with E-state index in [1.807, 2.05) is 35.3 Å². The zero-order chi connectivity index (χ0) is 44.1. The van der Waals surface area contributed by atoms with E-state index >= 15 is 0 Å². The van der Waals surface area contributed by atoms with Gasteiger partial charge in [0.05, 0.1) is 32.5 Å². The Morgan fingerprint density at radius 1 is 0.377 bits per heavy atom. The maximum Gasteiger partial charge on any atom is 0.328 e. The Bertz CT molecular complexity index is 4530. The average Bonchev–Trinajstić information content (AvgIpc) is 4.06. The molecule has 312 valence electrons. The zero-order valence-corrected chi connectivity index (χ0v) is 39.1. The summed E-state index contributed by atoms with van der Waals surface area (Å²) >= 11 is 5.84. The van der Waals surface area contributed by atoms with Crippen molar-refractivity contribution in [3.8, 4) is 22.5 Å². The lowest BCUT2D eigenvalue weighted by atomic mass is 9.35. The summed E-state index contributed by atoms with van der Waals surface area (Å²) in [6, 6.07) is 68.2. The van der Waals surface area contributed by atoms with Crippen molar-refractivity contribution in [3.63, 3.8) is 0 Å². The quantitative estimate of drug-likeness (QED) is 0.115. The van der Waals surface area contributed by atoms with Crippen LogP contribution in [0.2, 0.25) is 0 Å². The van der Waals surface area contributed by atoms with Crippen molar-refractivity contribution in [2.45, 2.75) is 35.4 Å². The smallest absolute Gasteiger partial charge is 0.310 e. The molecule has 0 saturated carbocycles. The molecule has 12 aromatic rings. The number of fused-ring (bicyclic) bond motifs is 26. The van der Waals surface area contributed by atoms with Gasteiger partial charge in [-0.25, -0.2) is 0 Å². The van der Waals surface area contributed by atoms with Crippen LogP contribution in [-0.4, -0.2) is 29.3 Å². The van der Waals surface area contributed by atoms with Crippen LogP contribution < -0.4 is 53.9 Å². The first-order valence-corrected chi connectivity index (χ1v) is 26.6. The summed E-state index contributed by atoms with van der Waals surface area (Å²) in [6.07, 6.45) is 2.41. The summed E-state index contributed by atoms with van der Waals surface area (Å²) in [5, 5.41) is 5.45. The maximum atomic E-state index is 2.77. The number of benzene rings is 9. The Morgan fingerprint density at radius 3 is 1.52 bits per heavy atom. The van der Waals surface area contributed by atoms with Gasteiger partial charge in [0.15, 0.2) is 11.8 Å². The number of pyridine rings is 1. The van der Waals surface area contributed by atoms with E-state index < -0.39 is 0 Å². The van der Waals surface area contributed by atoms with Gasteiger partial charge in [-0.1, -0.05) is 173 Å². The molecule has 1 unspecified atom stereocenters. The van der Waals surface area contributed by atoms with Crippen molar-refractivity contribution < 1.29 is 4.57 Å². The summed E-state index contributed by atoms with van der Waals surface area (Å²) in [6.45, 7) is 0.424. The molecule has 9 heteroatoms. The monoisotopic (exact) mass is 922 g/mol. The average molecular weight is 923 g/mol. The molecular formula is C60H31B3N3S3+. The number of hydrogen-bond acceptors (Lipinski definition) is 3. The number of para-hydroxylation sites is 2. The molecule has 0 N–H and O–H groups in total. The van der Waals surface area contributed by atoms with E-state index in [9.17, 15) is 0 Å². The first-order chi connectivity index (χ1) is 34.3. The van der Waals surface area contributed by atoms with Gasteiger partial charge in [-0.05, 0) is 81.4 Å². The number of hydrogen-bond donors (Lipinski definition) is 0. The molecular weight excluding hydrogens is 891 g/mol. The van der Waals surface area contributed by atoms with Crippen LogP contribution in [0.5, 0.6) is 0 Å². The van der Waals surface area contributed by atoms with Crippen LogP contribution in [0.1, 0.15) is 17.2 Å². The van der Waals surface area contributed by atoms with E-state index in [1.54, 1.807) is 0 Å². The molecule has 0 spiro atoms. The van der Waals surface area contributed by atoms with Gasteiger partial charge in [0.1, 0.15) is 0 Å². The molecule has 0 amide bonds. The fourth-order valence-electron chi connectivity index (χ4n) is 14.7. The van der Waals surface area contributed by atoms with E-state index in [2.05, 4.69) is 196 Å². The van der Waals surface area contributed by atoms with E-state index in [1.165, 1.54) is 156 Å². The molecule has 0 radical (unpaired) electrons. The fourth-order valence-corrected chi connectivity index (χ4v) is 18.2. The lowest BCUT2D eigenvalue weighted by molar-refractivity contribution is -0.689. The summed E-state index contributed by atoms with van der Waals surface area (Å²) in [4.78, 5) is 8.18. The third-order valence-corrected chi connectivity index (χ3v) is 20.5. The highest BCUT2D eigenvalue weighted by atomic mass is 32.2. The molecule has 3 aromatic heterocycles. The van der Waals surface area contributed by atoms with Gasteiger partial charge in [0, 0.05) is 74.6 Å². The molecule has 0 saturated heterocycles. The SMILES string of the molecule is c1ccc2c(c1)Sc1ccc3c4c(c5c(c6c7ccc8c9c7n(c64)-c4ccccc4B9c4ccccc4S8)-c4cccc6c4C5[n+]4cccc5c4B6c4ccccc4S5)n4c3c1B2c1ccccc1-4. The summed E-state index contributed by atoms with van der Waals surface area (Å²) < 4.78 is 8.23. The normalized spacial score (nSPS) is 16.0. The van der Waals surface area contributed by atoms with Crippen LogP contribution in [0.3, 0.4) is 0 Å². The van der Waals surface area contributed by atoms with E-state index in [-0.39, 0.29) is 26.2 Å². The molecule has 1 aliphatic carbocycles. The van der Waals surface area contributed by atoms with Crippen LogP contribution in [0.25, 0.3) is 66.1 Å². The molecule has 9 aromatic carbocycles. The highest BCUT2D eigenvalue weighted by Gasteiger charge is 2.54. The van der Waals surface area contributed by atoms with Gasteiger partial charge in [0.25, 0.3) is 0 Å². The summed E-state index contributed by atoms with van der Waals surface area (Å²) in [7, 11) is 0. The summed E-state index contributed by atoms with van der Waals surface area (Å²) in [5.74, 6) is 0. The van der Waals surface area contributed by atoms with Gasteiger partial charge in [-0.3, -0.25) is 0 Å². The Labute approximate surface area is 410 Å². The largest absolute Gasteiger partial charge is 0.328 e. The number of nitrogens with zero attached hydrogens (tertiary/aromatic N) is 3. The van der Waals surface area contributed by atoms with Crippen LogP contribution in [0.4, 0.5) is 0 Å². The van der Waals surface area contributed by atoms with Gasteiger partial charge in [0.2, 0.25) is 19.5 Å².